The lowest BCUT2D eigenvalue weighted by atomic mass is 9.88. The van der Waals surface area contributed by atoms with Gasteiger partial charge in [0.1, 0.15) is 6.04 Å². The molecule has 1 aromatic carbocycles. The Morgan fingerprint density at radius 2 is 1.78 bits per heavy atom. The third kappa shape index (κ3) is 7.04. The van der Waals surface area contributed by atoms with E-state index in [1.54, 1.807) is 6.92 Å². The fraction of sp³-hybridized carbons (Fsp3) is 0.500. The van der Waals surface area contributed by atoms with Gasteiger partial charge in [0.15, 0.2) is 0 Å². The number of carboxylic acid groups (broad SMARTS) is 1. The molecule has 0 spiro atoms. The molecule has 0 saturated heterocycles. The highest BCUT2D eigenvalue weighted by Gasteiger charge is 2.33. The van der Waals surface area contributed by atoms with Gasteiger partial charge in [0.05, 0.1) is 18.0 Å². The topological polar surface area (TPSA) is 136 Å². The lowest BCUT2D eigenvalue weighted by Gasteiger charge is -2.25. The zero-order valence-electron chi connectivity index (χ0n) is 15.5. The summed E-state index contributed by atoms with van der Waals surface area (Å²) in [5.74, 6) is -3.28. The van der Waals surface area contributed by atoms with Crippen molar-refractivity contribution in [3.05, 3.63) is 39.9 Å². The van der Waals surface area contributed by atoms with Gasteiger partial charge in [-0.1, -0.05) is 26.0 Å². The minimum absolute atomic E-state index is 0.0299. The van der Waals surface area contributed by atoms with E-state index in [1.807, 2.05) is 13.8 Å². The van der Waals surface area contributed by atoms with E-state index in [0.717, 1.165) is 0 Å². The normalized spacial score (nSPS) is 12.9. The number of non-ortho nitro benzene ring substituents is 1. The molecule has 0 heterocycles. The number of nitro benzene ring substituents is 1. The maximum Gasteiger partial charge on any atom is 0.326 e. The summed E-state index contributed by atoms with van der Waals surface area (Å²) in [4.78, 5) is 46.0. The quantitative estimate of drug-likeness (QED) is 0.361. The molecule has 2 atom stereocenters. The monoisotopic (exact) mass is 380 g/mol. The number of nitrogens with one attached hydrogen (secondary N) is 1. The number of carbonyl (C=O) groups is 3. The van der Waals surface area contributed by atoms with Gasteiger partial charge >= 0.3 is 11.9 Å². The number of nitrogens with zero attached hydrogens (tertiary/aromatic N) is 1. The third-order valence-electron chi connectivity index (χ3n) is 3.80. The molecule has 1 rings (SSSR count). The van der Waals surface area contributed by atoms with Crippen LogP contribution in [0.1, 0.15) is 45.1 Å². The van der Waals surface area contributed by atoms with Gasteiger partial charge in [-0.05, 0) is 18.4 Å². The molecule has 0 aliphatic heterocycles. The first-order valence-electron chi connectivity index (χ1n) is 8.57. The molecule has 148 valence electrons. The molecule has 0 fully saturated rings. The van der Waals surface area contributed by atoms with E-state index < -0.39 is 34.7 Å². The van der Waals surface area contributed by atoms with Gasteiger partial charge in [0.25, 0.3) is 5.69 Å². The average Bonchev–Trinajstić information content (AvgIpc) is 2.57. The molecule has 0 aromatic heterocycles. The van der Waals surface area contributed by atoms with Crippen molar-refractivity contribution in [2.75, 3.05) is 6.61 Å². The number of benzene rings is 1. The van der Waals surface area contributed by atoms with Gasteiger partial charge in [0.2, 0.25) is 5.91 Å². The highest BCUT2D eigenvalue weighted by molar-refractivity contribution is 5.85. The van der Waals surface area contributed by atoms with Crippen molar-refractivity contribution in [2.24, 2.45) is 5.92 Å². The fourth-order valence-electron chi connectivity index (χ4n) is 2.61. The smallest absolute Gasteiger partial charge is 0.326 e. The summed E-state index contributed by atoms with van der Waals surface area (Å²) in [5.41, 5.74) is 0.218. The van der Waals surface area contributed by atoms with Gasteiger partial charge in [-0.15, -0.1) is 0 Å². The minimum atomic E-state index is -1.37. The van der Waals surface area contributed by atoms with E-state index in [0.29, 0.717) is 5.56 Å². The first-order chi connectivity index (χ1) is 12.6. The molecule has 0 aliphatic carbocycles. The molecule has 0 bridgehead atoms. The van der Waals surface area contributed by atoms with Gasteiger partial charge in [0, 0.05) is 24.5 Å². The van der Waals surface area contributed by atoms with Crippen molar-refractivity contribution in [1.82, 2.24) is 5.32 Å². The van der Waals surface area contributed by atoms with Crippen molar-refractivity contribution in [3.63, 3.8) is 0 Å². The molecule has 0 saturated carbocycles. The van der Waals surface area contributed by atoms with E-state index in [9.17, 15) is 29.6 Å². The molecule has 0 aliphatic rings. The van der Waals surface area contributed by atoms with Crippen molar-refractivity contribution in [2.45, 2.75) is 45.6 Å². The van der Waals surface area contributed by atoms with E-state index >= 15 is 0 Å². The van der Waals surface area contributed by atoms with Crippen LogP contribution in [-0.2, 0) is 19.1 Å². The standard InChI is InChI=1S/C18H24N2O7/c1-4-27-16(22)10-14(12-5-7-13(8-6-12)20(25)26)17(18(23)24)19-15(21)9-11(2)3/h5-8,11,14,17H,4,9-10H2,1-3H3,(H,19,21)(H,23,24)/t14-,17-/m1/s1. The molecule has 0 unspecified atom stereocenters. The molecule has 9 nitrogen and oxygen atoms in total. The van der Waals surface area contributed by atoms with Gasteiger partial charge in [-0.25, -0.2) is 4.79 Å². The van der Waals surface area contributed by atoms with Crippen LogP contribution in [0.25, 0.3) is 0 Å². The highest BCUT2D eigenvalue weighted by atomic mass is 16.6. The van der Waals surface area contributed by atoms with Crippen LogP contribution in [0.4, 0.5) is 5.69 Å². The lowest BCUT2D eigenvalue weighted by molar-refractivity contribution is -0.384. The van der Waals surface area contributed by atoms with Gasteiger partial charge in [-0.3, -0.25) is 19.7 Å². The Labute approximate surface area is 156 Å². The molecule has 2 N–H and O–H groups in total. The number of aliphatic carboxylic acids is 1. The molecule has 0 radical (unpaired) electrons. The zero-order chi connectivity index (χ0) is 20.6. The summed E-state index contributed by atoms with van der Waals surface area (Å²) in [6.45, 7) is 5.39. The first-order valence-corrected chi connectivity index (χ1v) is 8.57. The number of ether oxygens (including phenoxy) is 1. The van der Waals surface area contributed by atoms with Crippen molar-refractivity contribution < 1.29 is 29.2 Å². The van der Waals surface area contributed by atoms with Crippen LogP contribution in [0.3, 0.4) is 0 Å². The van der Waals surface area contributed by atoms with Crippen LogP contribution >= 0.6 is 0 Å². The summed E-state index contributed by atoms with van der Waals surface area (Å²) in [6.07, 6.45) is -0.152. The van der Waals surface area contributed by atoms with Gasteiger partial charge < -0.3 is 15.2 Å². The van der Waals surface area contributed by atoms with Crippen LogP contribution < -0.4 is 5.32 Å². The van der Waals surface area contributed by atoms with Crippen LogP contribution in [-0.4, -0.2) is 40.5 Å². The Balaban J connectivity index is 3.19. The second-order valence-electron chi connectivity index (χ2n) is 6.45. The SMILES string of the molecule is CCOC(=O)C[C@H](c1ccc([N+](=O)[O-])cc1)[C@@H](NC(=O)CC(C)C)C(=O)O. The average molecular weight is 380 g/mol. The molecule has 27 heavy (non-hydrogen) atoms. The van der Waals surface area contributed by atoms with E-state index in [4.69, 9.17) is 4.74 Å². The Hall–Kier alpha value is -2.97. The summed E-state index contributed by atoms with van der Waals surface area (Å²) >= 11 is 0. The summed E-state index contributed by atoms with van der Waals surface area (Å²) in [7, 11) is 0. The molecule has 1 amide bonds. The fourth-order valence-corrected chi connectivity index (χ4v) is 2.61. The molecular weight excluding hydrogens is 356 g/mol. The Morgan fingerprint density at radius 1 is 1.19 bits per heavy atom. The Kier molecular flexibility index (Phi) is 8.37. The largest absolute Gasteiger partial charge is 0.480 e. The second kappa shape index (κ2) is 10.2. The van der Waals surface area contributed by atoms with E-state index in [1.165, 1.54) is 24.3 Å². The third-order valence-corrected chi connectivity index (χ3v) is 3.80. The Bertz CT molecular complexity index is 685. The van der Waals surface area contributed by atoms with Gasteiger partial charge in [-0.2, -0.15) is 0 Å². The predicted octanol–water partition coefficient (Wildman–Crippen LogP) is 2.25. The maximum atomic E-state index is 12.1. The van der Waals surface area contributed by atoms with Crippen molar-refractivity contribution in [3.8, 4) is 0 Å². The maximum absolute atomic E-state index is 12.1. The molecular formula is C18H24N2O7. The number of carbonyl (C=O) groups excluding carboxylic acids is 2. The highest BCUT2D eigenvalue weighted by Crippen LogP contribution is 2.27. The minimum Gasteiger partial charge on any atom is -0.480 e. The number of nitro groups is 1. The van der Waals surface area contributed by atoms with Crippen LogP contribution in [0.15, 0.2) is 24.3 Å². The number of hydrogen-bond donors (Lipinski definition) is 2. The zero-order valence-corrected chi connectivity index (χ0v) is 15.5. The number of carboxylic acids is 1. The van der Waals surface area contributed by atoms with Crippen molar-refractivity contribution >= 4 is 23.5 Å². The van der Waals surface area contributed by atoms with E-state index in [-0.39, 0.29) is 31.1 Å². The molecule has 1 aromatic rings. The lowest BCUT2D eigenvalue weighted by Crippen LogP contribution is -2.46. The predicted molar refractivity (Wildman–Crippen MR) is 96.1 cm³/mol. The number of rotatable bonds is 10. The number of hydrogen-bond acceptors (Lipinski definition) is 6. The summed E-state index contributed by atoms with van der Waals surface area (Å²) in [5, 5.41) is 22.9. The second-order valence-corrected chi connectivity index (χ2v) is 6.45. The number of amides is 1. The molecule has 9 heteroatoms. The van der Waals surface area contributed by atoms with Crippen LogP contribution in [0.5, 0.6) is 0 Å². The Morgan fingerprint density at radius 3 is 2.22 bits per heavy atom. The van der Waals surface area contributed by atoms with Crippen LogP contribution in [0.2, 0.25) is 0 Å². The van der Waals surface area contributed by atoms with Crippen LogP contribution in [0, 0.1) is 16.0 Å². The first kappa shape index (κ1) is 22.1. The summed E-state index contributed by atoms with van der Waals surface area (Å²) < 4.78 is 4.90. The number of esters is 1. The van der Waals surface area contributed by atoms with E-state index in [2.05, 4.69) is 5.32 Å². The van der Waals surface area contributed by atoms with Crippen molar-refractivity contribution in [1.29, 1.82) is 0 Å². The summed E-state index contributed by atoms with van der Waals surface area (Å²) in [6, 6.07) is 3.84.